The van der Waals surface area contributed by atoms with Crippen molar-refractivity contribution in [2.75, 3.05) is 32.6 Å². The lowest BCUT2D eigenvalue weighted by atomic mass is 9.78. The predicted molar refractivity (Wildman–Crippen MR) is 81.9 cm³/mol. The summed E-state index contributed by atoms with van der Waals surface area (Å²) in [6.45, 7) is 7.23. The minimum absolute atomic E-state index is 0.124. The summed E-state index contributed by atoms with van der Waals surface area (Å²) in [7, 11) is 2.11. The molecule has 112 valence electrons. The van der Waals surface area contributed by atoms with Crippen molar-refractivity contribution >= 4 is 11.8 Å². The Balaban J connectivity index is 1.90. The van der Waals surface area contributed by atoms with Crippen LogP contribution in [-0.4, -0.2) is 49.5 Å². The quantitative estimate of drug-likeness (QED) is 0.842. The maximum Gasteiger partial charge on any atom is 0.0729 e. The van der Waals surface area contributed by atoms with Crippen LogP contribution in [-0.2, 0) is 9.47 Å². The molecule has 2 atom stereocenters. The van der Waals surface area contributed by atoms with E-state index in [9.17, 15) is 0 Å². The molecule has 4 heteroatoms. The van der Waals surface area contributed by atoms with E-state index in [0.717, 1.165) is 38.6 Å². The van der Waals surface area contributed by atoms with E-state index in [2.05, 4.69) is 38.0 Å². The maximum absolute atomic E-state index is 6.14. The minimum Gasteiger partial charge on any atom is -0.381 e. The molecule has 2 unspecified atom stereocenters. The Morgan fingerprint density at radius 3 is 2.63 bits per heavy atom. The zero-order chi connectivity index (χ0) is 13.7. The van der Waals surface area contributed by atoms with Gasteiger partial charge >= 0.3 is 0 Å². The lowest BCUT2D eigenvalue weighted by Gasteiger charge is -2.45. The highest BCUT2D eigenvalue weighted by atomic mass is 32.2. The van der Waals surface area contributed by atoms with Gasteiger partial charge in [0.1, 0.15) is 0 Å². The SMILES string of the molecule is CNC(CSC(C)C)C1CCOC2(CCOCC2)C1. The average molecular weight is 287 g/mol. The third kappa shape index (κ3) is 4.35. The summed E-state index contributed by atoms with van der Waals surface area (Å²) in [6.07, 6.45) is 4.57. The van der Waals surface area contributed by atoms with Crippen LogP contribution < -0.4 is 5.32 Å². The van der Waals surface area contributed by atoms with E-state index in [1.807, 2.05) is 0 Å². The van der Waals surface area contributed by atoms with Gasteiger partial charge in [-0.2, -0.15) is 11.8 Å². The van der Waals surface area contributed by atoms with E-state index in [1.54, 1.807) is 0 Å². The van der Waals surface area contributed by atoms with Crippen molar-refractivity contribution in [1.82, 2.24) is 5.32 Å². The van der Waals surface area contributed by atoms with Gasteiger partial charge in [0.05, 0.1) is 5.60 Å². The Bertz CT molecular complexity index is 261. The molecule has 0 aromatic heterocycles. The molecule has 3 nitrogen and oxygen atoms in total. The summed E-state index contributed by atoms with van der Waals surface area (Å²) < 4.78 is 11.6. The van der Waals surface area contributed by atoms with Crippen LogP contribution in [0.15, 0.2) is 0 Å². The number of rotatable bonds is 5. The second-order valence-electron chi connectivity index (χ2n) is 6.17. The summed E-state index contributed by atoms with van der Waals surface area (Å²) >= 11 is 2.06. The third-order valence-electron chi connectivity index (χ3n) is 4.48. The lowest BCUT2D eigenvalue weighted by Crippen LogP contribution is -2.49. The normalized spacial score (nSPS) is 28.7. The highest BCUT2D eigenvalue weighted by Gasteiger charge is 2.40. The second-order valence-corrected chi connectivity index (χ2v) is 7.78. The fourth-order valence-corrected chi connectivity index (χ4v) is 4.28. The predicted octanol–water partition coefficient (Wildman–Crippen LogP) is 2.69. The molecule has 1 N–H and O–H groups in total. The van der Waals surface area contributed by atoms with Crippen LogP contribution in [0.5, 0.6) is 0 Å². The smallest absolute Gasteiger partial charge is 0.0729 e. The zero-order valence-corrected chi connectivity index (χ0v) is 13.4. The van der Waals surface area contributed by atoms with Crippen molar-refractivity contribution in [1.29, 1.82) is 0 Å². The molecule has 1 spiro atoms. The van der Waals surface area contributed by atoms with Crippen LogP contribution in [0.3, 0.4) is 0 Å². The van der Waals surface area contributed by atoms with Crippen molar-refractivity contribution in [3.05, 3.63) is 0 Å². The summed E-state index contributed by atoms with van der Waals surface area (Å²) in [4.78, 5) is 0. The van der Waals surface area contributed by atoms with Gasteiger partial charge in [-0.25, -0.2) is 0 Å². The number of hydrogen-bond acceptors (Lipinski definition) is 4. The fraction of sp³-hybridized carbons (Fsp3) is 1.00. The molecular weight excluding hydrogens is 258 g/mol. The topological polar surface area (TPSA) is 30.5 Å². The van der Waals surface area contributed by atoms with E-state index in [1.165, 1.54) is 18.6 Å². The second kappa shape index (κ2) is 7.30. The van der Waals surface area contributed by atoms with Crippen LogP contribution in [0.4, 0.5) is 0 Å². The molecule has 2 aliphatic heterocycles. The summed E-state index contributed by atoms with van der Waals surface area (Å²) in [5.41, 5.74) is 0.124. The molecule has 0 bridgehead atoms. The van der Waals surface area contributed by atoms with E-state index in [0.29, 0.717) is 11.3 Å². The molecule has 0 aliphatic carbocycles. The molecule has 0 aromatic carbocycles. The largest absolute Gasteiger partial charge is 0.381 e. The first-order valence-electron chi connectivity index (χ1n) is 7.66. The molecule has 0 saturated carbocycles. The molecule has 2 aliphatic rings. The Morgan fingerprint density at radius 1 is 1.26 bits per heavy atom. The number of hydrogen-bond donors (Lipinski definition) is 1. The zero-order valence-electron chi connectivity index (χ0n) is 12.6. The van der Waals surface area contributed by atoms with Crippen LogP contribution >= 0.6 is 11.8 Å². The van der Waals surface area contributed by atoms with Gasteiger partial charge in [-0.05, 0) is 43.9 Å². The summed E-state index contributed by atoms with van der Waals surface area (Å²) in [6, 6.07) is 0.621. The van der Waals surface area contributed by atoms with Gasteiger partial charge < -0.3 is 14.8 Å². The molecule has 2 heterocycles. The van der Waals surface area contributed by atoms with Crippen molar-refractivity contribution < 1.29 is 9.47 Å². The number of ether oxygens (including phenoxy) is 2. The van der Waals surface area contributed by atoms with Gasteiger partial charge in [0.25, 0.3) is 0 Å². The first-order valence-corrected chi connectivity index (χ1v) is 8.71. The van der Waals surface area contributed by atoms with E-state index >= 15 is 0 Å². The Hall–Kier alpha value is 0.230. The minimum atomic E-state index is 0.124. The molecule has 2 fully saturated rings. The highest BCUT2D eigenvalue weighted by Crippen LogP contribution is 2.38. The van der Waals surface area contributed by atoms with Crippen molar-refractivity contribution in [3.8, 4) is 0 Å². The van der Waals surface area contributed by atoms with Gasteiger partial charge in [0.15, 0.2) is 0 Å². The van der Waals surface area contributed by atoms with Crippen LogP contribution in [0.2, 0.25) is 0 Å². The summed E-state index contributed by atoms with van der Waals surface area (Å²) in [5.74, 6) is 1.97. The van der Waals surface area contributed by atoms with E-state index < -0.39 is 0 Å². The third-order valence-corrected chi connectivity index (χ3v) is 5.70. The molecule has 0 amide bonds. The first-order chi connectivity index (χ1) is 9.15. The summed E-state index contributed by atoms with van der Waals surface area (Å²) in [5, 5.41) is 4.26. The maximum atomic E-state index is 6.14. The highest BCUT2D eigenvalue weighted by molar-refractivity contribution is 7.99. The first kappa shape index (κ1) is 15.6. The Labute approximate surface area is 122 Å². The van der Waals surface area contributed by atoms with Crippen LogP contribution in [0.1, 0.15) is 39.5 Å². The molecule has 0 aromatic rings. The lowest BCUT2D eigenvalue weighted by molar-refractivity contribution is -0.149. The number of nitrogens with one attached hydrogen (secondary N) is 1. The molecule has 0 radical (unpaired) electrons. The van der Waals surface area contributed by atoms with Crippen molar-refractivity contribution in [3.63, 3.8) is 0 Å². The van der Waals surface area contributed by atoms with Gasteiger partial charge in [0.2, 0.25) is 0 Å². The molecular formula is C15H29NO2S. The van der Waals surface area contributed by atoms with Crippen LogP contribution in [0, 0.1) is 5.92 Å². The monoisotopic (exact) mass is 287 g/mol. The van der Waals surface area contributed by atoms with E-state index in [4.69, 9.17) is 9.47 Å². The van der Waals surface area contributed by atoms with Gasteiger partial charge in [0, 0.05) is 31.6 Å². The molecule has 2 saturated heterocycles. The van der Waals surface area contributed by atoms with Gasteiger partial charge in [-0.3, -0.25) is 0 Å². The van der Waals surface area contributed by atoms with Gasteiger partial charge in [-0.15, -0.1) is 0 Å². The number of thioether (sulfide) groups is 1. The van der Waals surface area contributed by atoms with Gasteiger partial charge in [-0.1, -0.05) is 13.8 Å². The van der Waals surface area contributed by atoms with E-state index in [-0.39, 0.29) is 5.60 Å². The fourth-order valence-electron chi connectivity index (χ4n) is 3.25. The average Bonchev–Trinajstić information content (AvgIpc) is 2.40. The molecule has 19 heavy (non-hydrogen) atoms. The van der Waals surface area contributed by atoms with Crippen LogP contribution in [0.25, 0.3) is 0 Å². The Morgan fingerprint density at radius 2 is 2.00 bits per heavy atom. The molecule has 2 rings (SSSR count). The van der Waals surface area contributed by atoms with Crippen molar-refractivity contribution in [2.24, 2.45) is 5.92 Å². The Kier molecular flexibility index (Phi) is 6.00. The standard InChI is InChI=1S/C15H29NO2S/c1-12(2)19-11-14(16-3)13-4-7-18-15(10-13)5-8-17-9-6-15/h12-14,16H,4-11H2,1-3H3. The van der Waals surface area contributed by atoms with Crippen molar-refractivity contribution in [2.45, 2.75) is 56.4 Å².